The molecule has 0 saturated carbocycles. The van der Waals surface area contributed by atoms with Gasteiger partial charge in [0.25, 0.3) is 8.32 Å². The van der Waals surface area contributed by atoms with Gasteiger partial charge in [-0.2, -0.15) is 0 Å². The maximum absolute atomic E-state index is 12.8. The van der Waals surface area contributed by atoms with Crippen LogP contribution < -0.4 is 9.16 Å². The summed E-state index contributed by atoms with van der Waals surface area (Å²) >= 11 is 6.42. The molecule has 1 aromatic carbocycles. The predicted molar refractivity (Wildman–Crippen MR) is 113 cm³/mol. The summed E-state index contributed by atoms with van der Waals surface area (Å²) in [6, 6.07) is 8.74. The topological polar surface area (TPSA) is 48.4 Å². The van der Waals surface area contributed by atoms with E-state index in [1.54, 1.807) is 31.4 Å². The standard InChI is InChI=1S/C21H28ClNO3Si/c1-8-14-9-11-17(23-20(14)25-5)19(24)15-10-12-18(16(22)13-15)26-27(6,7)21(2,3)4/h9-13H,8H2,1-7H3. The third kappa shape index (κ3) is 4.71. The molecule has 146 valence electrons. The average molecular weight is 406 g/mol. The van der Waals surface area contributed by atoms with Crippen LogP contribution in [0.1, 0.15) is 49.3 Å². The Balaban J connectivity index is 2.31. The molecule has 0 saturated heterocycles. The van der Waals surface area contributed by atoms with E-state index in [1.807, 2.05) is 13.0 Å². The summed E-state index contributed by atoms with van der Waals surface area (Å²) in [4.78, 5) is 17.2. The minimum Gasteiger partial charge on any atom is -0.543 e. The highest BCUT2D eigenvalue weighted by Crippen LogP contribution is 2.39. The third-order valence-electron chi connectivity index (χ3n) is 5.11. The summed E-state index contributed by atoms with van der Waals surface area (Å²) in [5.41, 5.74) is 1.77. The normalized spacial score (nSPS) is 12.0. The van der Waals surface area contributed by atoms with Gasteiger partial charge in [0.1, 0.15) is 11.4 Å². The molecule has 27 heavy (non-hydrogen) atoms. The quantitative estimate of drug-likeness (QED) is 0.442. The molecule has 0 aliphatic carbocycles. The predicted octanol–water partition coefficient (Wildman–Crippen LogP) is 5.92. The SMILES string of the molecule is CCc1ccc(C(=O)c2ccc(O[Si](C)(C)C(C)(C)C)c(Cl)c2)nc1OC. The van der Waals surface area contributed by atoms with Gasteiger partial charge in [-0.3, -0.25) is 4.79 Å². The Morgan fingerprint density at radius 1 is 1.19 bits per heavy atom. The highest BCUT2D eigenvalue weighted by Gasteiger charge is 2.39. The second-order valence-electron chi connectivity index (χ2n) is 8.06. The van der Waals surface area contributed by atoms with Crippen molar-refractivity contribution in [3.63, 3.8) is 0 Å². The fraction of sp³-hybridized carbons (Fsp3) is 0.429. The largest absolute Gasteiger partial charge is 0.543 e. The molecule has 0 radical (unpaired) electrons. The number of nitrogens with zero attached hydrogens (tertiary/aromatic N) is 1. The summed E-state index contributed by atoms with van der Waals surface area (Å²) in [6.45, 7) is 12.8. The number of pyridine rings is 1. The van der Waals surface area contributed by atoms with Crippen molar-refractivity contribution in [1.29, 1.82) is 0 Å². The Morgan fingerprint density at radius 3 is 2.37 bits per heavy atom. The molecule has 4 nitrogen and oxygen atoms in total. The summed E-state index contributed by atoms with van der Waals surface area (Å²) in [6.07, 6.45) is 0.788. The summed E-state index contributed by atoms with van der Waals surface area (Å²) in [7, 11) is -0.452. The molecule has 0 amide bonds. The lowest BCUT2D eigenvalue weighted by molar-refractivity contribution is 0.103. The molecule has 6 heteroatoms. The van der Waals surface area contributed by atoms with Gasteiger partial charge in [0.2, 0.25) is 11.7 Å². The molecule has 0 aliphatic heterocycles. The molecule has 0 bridgehead atoms. The smallest absolute Gasteiger partial charge is 0.250 e. The second kappa shape index (κ2) is 8.03. The number of halogens is 1. The van der Waals surface area contributed by atoms with Crippen LogP contribution in [0.2, 0.25) is 23.2 Å². The van der Waals surface area contributed by atoms with E-state index in [2.05, 4.69) is 38.8 Å². The first kappa shape index (κ1) is 21.4. The van der Waals surface area contributed by atoms with Crippen LogP contribution in [0.3, 0.4) is 0 Å². The van der Waals surface area contributed by atoms with Crippen molar-refractivity contribution in [2.45, 2.75) is 52.2 Å². The monoisotopic (exact) mass is 405 g/mol. The van der Waals surface area contributed by atoms with Gasteiger partial charge in [-0.25, -0.2) is 4.98 Å². The Bertz CT molecular complexity index is 844. The number of aromatic nitrogens is 1. The lowest BCUT2D eigenvalue weighted by Gasteiger charge is -2.36. The van der Waals surface area contributed by atoms with Crippen molar-refractivity contribution < 1.29 is 14.0 Å². The Kier molecular flexibility index (Phi) is 6.38. The second-order valence-corrected chi connectivity index (χ2v) is 13.2. The first-order chi connectivity index (χ1) is 12.5. The van der Waals surface area contributed by atoms with Crippen LogP contribution in [0.5, 0.6) is 11.6 Å². The zero-order valence-corrected chi connectivity index (χ0v) is 18.9. The molecular formula is C21H28ClNO3Si. The van der Waals surface area contributed by atoms with Crippen LogP contribution in [0, 0.1) is 0 Å². The zero-order valence-electron chi connectivity index (χ0n) is 17.1. The Hall–Kier alpha value is -1.85. The van der Waals surface area contributed by atoms with Crippen molar-refractivity contribution in [3.8, 4) is 11.6 Å². The summed E-state index contributed by atoms with van der Waals surface area (Å²) in [5, 5.41) is 0.495. The number of hydrogen-bond acceptors (Lipinski definition) is 4. The van der Waals surface area contributed by atoms with E-state index in [0.717, 1.165) is 12.0 Å². The fourth-order valence-electron chi connectivity index (χ4n) is 2.34. The molecule has 0 fully saturated rings. The Labute approximate surface area is 168 Å². The molecule has 0 atom stereocenters. The van der Waals surface area contributed by atoms with Crippen LogP contribution in [0.25, 0.3) is 0 Å². The highest BCUT2D eigenvalue weighted by atomic mass is 35.5. The number of rotatable bonds is 6. The average Bonchev–Trinajstić information content (AvgIpc) is 2.61. The Morgan fingerprint density at radius 2 is 1.85 bits per heavy atom. The highest BCUT2D eigenvalue weighted by molar-refractivity contribution is 6.74. The van der Waals surface area contributed by atoms with Gasteiger partial charge in [-0.1, -0.05) is 45.4 Å². The van der Waals surface area contributed by atoms with Gasteiger partial charge < -0.3 is 9.16 Å². The zero-order chi connectivity index (χ0) is 20.4. The van der Waals surface area contributed by atoms with Gasteiger partial charge in [-0.15, -0.1) is 0 Å². The van der Waals surface area contributed by atoms with Crippen molar-refractivity contribution in [2.75, 3.05) is 7.11 Å². The van der Waals surface area contributed by atoms with Crippen LogP contribution >= 0.6 is 11.6 Å². The van der Waals surface area contributed by atoms with Crippen LogP contribution in [0.15, 0.2) is 30.3 Å². The first-order valence-electron chi connectivity index (χ1n) is 9.07. The number of ether oxygens (including phenoxy) is 1. The maximum Gasteiger partial charge on any atom is 0.250 e. The number of methoxy groups -OCH3 is 1. The van der Waals surface area contributed by atoms with E-state index in [0.29, 0.717) is 27.9 Å². The minimum atomic E-state index is -2.01. The van der Waals surface area contributed by atoms with Gasteiger partial charge >= 0.3 is 0 Å². The van der Waals surface area contributed by atoms with Gasteiger partial charge in [-0.05, 0) is 48.8 Å². The number of benzene rings is 1. The van der Waals surface area contributed by atoms with Crippen molar-refractivity contribution in [2.24, 2.45) is 0 Å². The molecule has 0 N–H and O–H groups in total. The van der Waals surface area contributed by atoms with Gasteiger partial charge in [0.15, 0.2) is 0 Å². The molecule has 1 heterocycles. The molecule has 0 aliphatic rings. The van der Waals surface area contributed by atoms with E-state index in [9.17, 15) is 4.79 Å². The molecule has 2 aromatic rings. The molecular weight excluding hydrogens is 378 g/mol. The van der Waals surface area contributed by atoms with Crippen LogP contribution in [-0.2, 0) is 6.42 Å². The van der Waals surface area contributed by atoms with Gasteiger partial charge in [0.05, 0.1) is 12.1 Å². The van der Waals surface area contributed by atoms with Gasteiger partial charge in [0, 0.05) is 11.1 Å². The minimum absolute atomic E-state index is 0.0618. The van der Waals surface area contributed by atoms with Crippen LogP contribution in [0.4, 0.5) is 0 Å². The van der Waals surface area contributed by atoms with E-state index in [1.165, 1.54) is 0 Å². The number of carbonyl (C=O) groups is 1. The first-order valence-corrected chi connectivity index (χ1v) is 12.4. The number of carbonyl (C=O) groups excluding carboxylic acids is 1. The molecule has 0 unspecified atom stereocenters. The molecule has 0 spiro atoms. The van der Waals surface area contributed by atoms with E-state index in [4.69, 9.17) is 20.8 Å². The number of aryl methyl sites for hydroxylation is 1. The number of ketones is 1. The maximum atomic E-state index is 12.8. The van der Waals surface area contributed by atoms with E-state index in [-0.39, 0.29) is 10.8 Å². The van der Waals surface area contributed by atoms with Crippen molar-refractivity contribution >= 4 is 25.7 Å². The lowest BCUT2D eigenvalue weighted by Crippen LogP contribution is -2.43. The van der Waals surface area contributed by atoms with E-state index >= 15 is 0 Å². The summed E-state index contributed by atoms with van der Waals surface area (Å²) < 4.78 is 11.6. The van der Waals surface area contributed by atoms with Crippen molar-refractivity contribution in [1.82, 2.24) is 4.98 Å². The molecule has 1 aromatic heterocycles. The van der Waals surface area contributed by atoms with Crippen molar-refractivity contribution in [3.05, 3.63) is 52.2 Å². The number of hydrogen-bond donors (Lipinski definition) is 0. The van der Waals surface area contributed by atoms with Crippen LogP contribution in [-0.4, -0.2) is 26.2 Å². The third-order valence-corrected chi connectivity index (χ3v) is 9.75. The summed E-state index contributed by atoms with van der Waals surface area (Å²) in [5.74, 6) is 0.899. The fourth-order valence-corrected chi connectivity index (χ4v) is 3.66. The van der Waals surface area contributed by atoms with E-state index < -0.39 is 8.32 Å². The molecule has 2 rings (SSSR count). The lowest BCUT2D eigenvalue weighted by atomic mass is 10.1.